The van der Waals surface area contributed by atoms with Crippen LogP contribution in [0.4, 0.5) is 0 Å². The number of nitrogens with zero attached hydrogens (tertiary/aromatic N) is 5. The van der Waals surface area contributed by atoms with E-state index in [4.69, 9.17) is 24.9 Å². The Morgan fingerprint density at radius 2 is 0.868 bits per heavy atom. The molecule has 53 heavy (non-hydrogen) atoms. The molecule has 5 nitrogen and oxygen atoms in total. The lowest BCUT2D eigenvalue weighted by Crippen LogP contribution is -2.00. The number of benzene rings is 7. The Morgan fingerprint density at radius 1 is 0.321 bits per heavy atom. The summed E-state index contributed by atoms with van der Waals surface area (Å²) < 4.78 is 2.31. The van der Waals surface area contributed by atoms with Gasteiger partial charge in [0.15, 0.2) is 23.3 Å². The maximum absolute atomic E-state index is 5.21. The molecule has 3 heterocycles. The average Bonchev–Trinajstić information content (AvgIpc) is 3.62. The van der Waals surface area contributed by atoms with Gasteiger partial charge in [0, 0.05) is 53.4 Å². The van der Waals surface area contributed by atoms with Crippen LogP contribution in [0.2, 0.25) is 0 Å². The van der Waals surface area contributed by atoms with Gasteiger partial charge in [-0.05, 0) is 29.3 Å². The topological polar surface area (TPSA) is 64.5 Å². The predicted molar refractivity (Wildman–Crippen MR) is 218 cm³/mol. The van der Waals surface area contributed by atoms with Gasteiger partial charge < -0.3 is 0 Å². The monoisotopic (exact) mass is 695 g/mol. The van der Waals surface area contributed by atoms with Gasteiger partial charge in [0.25, 0.3) is 0 Å². The predicted octanol–water partition coefficient (Wildman–Crippen LogP) is 12.2. The van der Waals surface area contributed by atoms with Gasteiger partial charge in [-0.1, -0.05) is 158 Å². The maximum Gasteiger partial charge on any atom is 0.164 e. The Hall–Kier alpha value is -6.89. The first kappa shape index (κ1) is 30.9. The molecule has 0 saturated carbocycles. The summed E-state index contributed by atoms with van der Waals surface area (Å²) in [4.78, 5) is 25.3. The molecular formula is C47H29N5S. The highest BCUT2D eigenvalue weighted by molar-refractivity contribution is 7.26. The number of para-hydroxylation sites is 1. The summed E-state index contributed by atoms with van der Waals surface area (Å²) in [5, 5.41) is 3.30. The molecule has 10 rings (SSSR count). The lowest BCUT2D eigenvalue weighted by atomic mass is 10.0. The van der Waals surface area contributed by atoms with E-state index in [9.17, 15) is 0 Å². The molecule has 0 saturated heterocycles. The van der Waals surface area contributed by atoms with Crippen LogP contribution in [-0.2, 0) is 0 Å². The lowest BCUT2D eigenvalue weighted by Gasteiger charge is -2.11. The molecule has 248 valence electrons. The zero-order chi connectivity index (χ0) is 35.1. The summed E-state index contributed by atoms with van der Waals surface area (Å²) >= 11 is 1.76. The highest BCUT2D eigenvalue weighted by Crippen LogP contribution is 2.41. The molecule has 10 aromatic rings. The third-order valence-electron chi connectivity index (χ3n) is 9.56. The fourth-order valence-electron chi connectivity index (χ4n) is 6.96. The SMILES string of the molecule is c1ccc(-c2ccc(-c3nc(-c4ccc5c(c4)sc4cccc(-c6nc(-c7ccccc7)nc(-c7ccccc7)n6)c45)nc4ccccc34)cc2)cc1. The molecule has 7 aromatic carbocycles. The van der Waals surface area contributed by atoms with Crippen LogP contribution < -0.4 is 0 Å². The van der Waals surface area contributed by atoms with E-state index < -0.39 is 0 Å². The van der Waals surface area contributed by atoms with E-state index in [1.54, 1.807) is 11.3 Å². The Labute approximate surface area is 310 Å². The first-order chi connectivity index (χ1) is 26.2. The van der Waals surface area contributed by atoms with E-state index in [0.29, 0.717) is 23.3 Å². The van der Waals surface area contributed by atoms with E-state index in [0.717, 1.165) is 64.6 Å². The quantitative estimate of drug-likeness (QED) is 0.173. The van der Waals surface area contributed by atoms with Crippen molar-refractivity contribution < 1.29 is 0 Å². The number of hydrogen-bond donors (Lipinski definition) is 0. The molecule has 0 N–H and O–H groups in total. The number of rotatable bonds is 6. The third-order valence-corrected chi connectivity index (χ3v) is 10.7. The Kier molecular flexibility index (Phi) is 7.59. The van der Waals surface area contributed by atoms with Crippen LogP contribution in [0.15, 0.2) is 176 Å². The van der Waals surface area contributed by atoms with E-state index in [1.165, 1.54) is 11.1 Å². The Morgan fingerprint density at radius 3 is 1.57 bits per heavy atom. The van der Waals surface area contributed by atoms with Crippen molar-refractivity contribution in [1.82, 2.24) is 24.9 Å². The van der Waals surface area contributed by atoms with E-state index in [-0.39, 0.29) is 0 Å². The van der Waals surface area contributed by atoms with Gasteiger partial charge in [0.1, 0.15) is 0 Å². The molecular weight excluding hydrogens is 667 g/mol. The Bertz CT molecular complexity index is 2870. The van der Waals surface area contributed by atoms with Crippen LogP contribution >= 0.6 is 11.3 Å². The van der Waals surface area contributed by atoms with Gasteiger partial charge in [-0.25, -0.2) is 24.9 Å². The van der Waals surface area contributed by atoms with Crippen LogP contribution in [0.5, 0.6) is 0 Å². The van der Waals surface area contributed by atoms with E-state index >= 15 is 0 Å². The molecule has 3 aromatic heterocycles. The number of fused-ring (bicyclic) bond motifs is 4. The van der Waals surface area contributed by atoms with Gasteiger partial charge in [0.2, 0.25) is 0 Å². The van der Waals surface area contributed by atoms with Crippen LogP contribution in [0.25, 0.3) is 99.0 Å². The summed E-state index contributed by atoms with van der Waals surface area (Å²) in [6.07, 6.45) is 0. The smallest absolute Gasteiger partial charge is 0.164 e. The normalized spacial score (nSPS) is 11.4. The molecule has 0 spiro atoms. The number of thiophene rings is 1. The van der Waals surface area contributed by atoms with Crippen molar-refractivity contribution in [3.05, 3.63) is 176 Å². The van der Waals surface area contributed by atoms with Crippen LogP contribution in [0.1, 0.15) is 0 Å². The highest BCUT2D eigenvalue weighted by atomic mass is 32.1. The first-order valence-electron chi connectivity index (χ1n) is 17.5. The zero-order valence-corrected chi connectivity index (χ0v) is 29.2. The summed E-state index contributed by atoms with van der Waals surface area (Å²) in [5.74, 6) is 2.63. The number of aromatic nitrogens is 5. The van der Waals surface area contributed by atoms with Crippen molar-refractivity contribution in [2.24, 2.45) is 0 Å². The van der Waals surface area contributed by atoms with Crippen molar-refractivity contribution in [3.8, 4) is 67.9 Å². The van der Waals surface area contributed by atoms with Gasteiger partial charge in [-0.2, -0.15) is 0 Å². The largest absolute Gasteiger partial charge is 0.228 e. The minimum absolute atomic E-state index is 0.646. The second-order valence-electron chi connectivity index (χ2n) is 12.9. The fourth-order valence-corrected chi connectivity index (χ4v) is 8.13. The lowest BCUT2D eigenvalue weighted by molar-refractivity contribution is 1.08. The zero-order valence-electron chi connectivity index (χ0n) is 28.4. The minimum Gasteiger partial charge on any atom is -0.228 e. The van der Waals surface area contributed by atoms with Crippen molar-refractivity contribution in [2.45, 2.75) is 0 Å². The molecule has 0 bridgehead atoms. The summed E-state index contributed by atoms with van der Waals surface area (Å²) in [6, 6.07) is 60.5. The summed E-state index contributed by atoms with van der Waals surface area (Å²) in [6.45, 7) is 0. The van der Waals surface area contributed by atoms with Crippen molar-refractivity contribution in [1.29, 1.82) is 0 Å². The molecule has 0 fully saturated rings. The second kappa shape index (κ2) is 13.0. The molecule has 0 unspecified atom stereocenters. The van der Waals surface area contributed by atoms with Gasteiger partial charge >= 0.3 is 0 Å². The molecule has 6 heteroatoms. The second-order valence-corrected chi connectivity index (χ2v) is 14.0. The molecule has 0 amide bonds. The van der Waals surface area contributed by atoms with E-state index in [2.05, 4.69) is 97.1 Å². The molecule has 0 aliphatic heterocycles. The van der Waals surface area contributed by atoms with Crippen molar-refractivity contribution in [3.63, 3.8) is 0 Å². The van der Waals surface area contributed by atoms with Crippen molar-refractivity contribution >= 4 is 42.4 Å². The molecule has 0 aliphatic carbocycles. The summed E-state index contributed by atoms with van der Waals surface area (Å²) in [5.41, 5.74) is 9.09. The average molecular weight is 696 g/mol. The minimum atomic E-state index is 0.646. The maximum atomic E-state index is 5.21. The first-order valence-corrected chi connectivity index (χ1v) is 18.3. The Balaban J connectivity index is 1.09. The van der Waals surface area contributed by atoms with Crippen LogP contribution in [0, 0.1) is 0 Å². The van der Waals surface area contributed by atoms with Gasteiger partial charge in [-0.3, -0.25) is 0 Å². The van der Waals surface area contributed by atoms with E-state index in [1.807, 2.05) is 78.9 Å². The molecule has 0 atom stereocenters. The van der Waals surface area contributed by atoms with Crippen LogP contribution in [-0.4, -0.2) is 24.9 Å². The number of hydrogen-bond acceptors (Lipinski definition) is 6. The van der Waals surface area contributed by atoms with Gasteiger partial charge in [-0.15, -0.1) is 11.3 Å². The summed E-state index contributed by atoms with van der Waals surface area (Å²) in [7, 11) is 0. The molecule has 0 radical (unpaired) electrons. The highest BCUT2D eigenvalue weighted by Gasteiger charge is 2.18. The van der Waals surface area contributed by atoms with Crippen molar-refractivity contribution in [2.75, 3.05) is 0 Å². The van der Waals surface area contributed by atoms with Gasteiger partial charge in [0.05, 0.1) is 11.2 Å². The van der Waals surface area contributed by atoms with Crippen LogP contribution in [0.3, 0.4) is 0 Å². The standard InChI is InChI=1S/C47H29N5S/c1-4-13-30(14-5-1)31-23-25-32(26-24-31)43-36-19-10-11-21-39(36)48-46(49-43)35-27-28-37-41(29-35)53-40-22-12-20-38(42(37)40)47-51-44(33-15-6-2-7-16-33)50-45(52-47)34-17-8-3-9-18-34/h1-29H. The fraction of sp³-hybridized carbons (Fsp3) is 0. The molecule has 0 aliphatic rings. The third kappa shape index (κ3) is 5.72.